The number of hydrogen-bond acceptors (Lipinski definition) is 7. The molecule has 0 aliphatic heterocycles. The van der Waals surface area contributed by atoms with Crippen molar-refractivity contribution < 1.29 is 33.3 Å². The van der Waals surface area contributed by atoms with Gasteiger partial charge in [0.15, 0.2) is 0 Å². The Morgan fingerprint density at radius 2 is 1.61 bits per heavy atom. The van der Waals surface area contributed by atoms with Crippen LogP contribution in [0.3, 0.4) is 0 Å². The minimum absolute atomic E-state index is 0.0626. The molecule has 0 N–H and O–H groups in total. The lowest BCUT2D eigenvalue weighted by Gasteiger charge is -2.57. The van der Waals surface area contributed by atoms with Gasteiger partial charge >= 0.3 is 18.4 Å². The molecule has 0 radical (unpaired) electrons. The van der Waals surface area contributed by atoms with Gasteiger partial charge in [-0.15, -0.1) is 0 Å². The van der Waals surface area contributed by atoms with Crippen molar-refractivity contribution in [2.75, 3.05) is 20.3 Å². The molecule has 4 saturated carbocycles. The van der Waals surface area contributed by atoms with Gasteiger partial charge in [0, 0.05) is 12.7 Å². The minimum atomic E-state index is -0.868. The lowest BCUT2D eigenvalue weighted by atomic mass is 9.48. The van der Waals surface area contributed by atoms with Crippen LogP contribution in [0, 0.1) is 17.8 Å². The third kappa shape index (κ3) is 5.49. The number of methoxy groups -OCH3 is 1. The fourth-order valence-corrected chi connectivity index (χ4v) is 7.06. The van der Waals surface area contributed by atoms with Crippen molar-refractivity contribution in [2.24, 2.45) is 17.8 Å². The Morgan fingerprint density at radius 3 is 2.18 bits per heavy atom. The molecule has 0 spiro atoms. The fraction of sp³-hybridized carbons (Fsp3) is 0.484. The lowest BCUT2D eigenvalue weighted by molar-refractivity contribution is -0.231. The van der Waals surface area contributed by atoms with E-state index in [9.17, 15) is 9.59 Å². The first-order valence-electron chi connectivity index (χ1n) is 13.5. The monoisotopic (exact) mass is 520 g/mol. The first-order chi connectivity index (χ1) is 18.4. The van der Waals surface area contributed by atoms with E-state index in [0.29, 0.717) is 29.2 Å². The molecule has 4 aliphatic rings. The summed E-state index contributed by atoms with van der Waals surface area (Å²) in [5.41, 5.74) is 1.93. The highest BCUT2D eigenvalue weighted by atomic mass is 16.8. The van der Waals surface area contributed by atoms with E-state index in [1.165, 1.54) is 25.3 Å². The molecule has 6 rings (SSSR count). The largest absolute Gasteiger partial charge is 0.458 e. The van der Waals surface area contributed by atoms with E-state index in [1.807, 2.05) is 19.1 Å². The number of hydrogen-bond donors (Lipinski definition) is 0. The van der Waals surface area contributed by atoms with Crippen LogP contribution < -0.4 is 9.47 Å². The maximum Gasteiger partial charge on any atom is 0.343 e. The Kier molecular flexibility index (Phi) is 7.86. The quantitative estimate of drug-likeness (QED) is 0.154. The molecule has 1 unspecified atom stereocenters. The lowest BCUT2D eigenvalue weighted by Crippen LogP contribution is -2.48. The maximum atomic E-state index is 13.1. The Labute approximate surface area is 224 Å². The first kappa shape index (κ1) is 26.4. The molecule has 7 heteroatoms. The second-order valence-corrected chi connectivity index (χ2v) is 10.8. The van der Waals surface area contributed by atoms with Gasteiger partial charge in [-0.3, -0.25) is 0 Å². The standard InChI is InChI=1S/C31H36O7/c1-4-12-36-28(32)23-6-9-25(10-7-23)37-29(33)24-8-11-26(27(16-24)38-30(34-3)35-5-2)31-17-20-13-21(18-31)15-22(14-20)19-31/h4,6-11,16,20-22,30H,1,5,12-15,17-19H2,2-3H3. The molecule has 0 saturated heterocycles. The molecule has 7 nitrogen and oxygen atoms in total. The molecule has 1 atom stereocenters. The second kappa shape index (κ2) is 11.3. The van der Waals surface area contributed by atoms with Crippen molar-refractivity contribution in [2.45, 2.75) is 57.3 Å². The summed E-state index contributed by atoms with van der Waals surface area (Å²) < 4.78 is 27.9. The molecule has 4 fully saturated rings. The second-order valence-electron chi connectivity index (χ2n) is 10.8. The molecule has 2 aromatic rings. The predicted octanol–water partition coefficient (Wildman–Crippen LogP) is 6.06. The van der Waals surface area contributed by atoms with Crippen LogP contribution in [0.4, 0.5) is 0 Å². The van der Waals surface area contributed by atoms with Crippen LogP contribution in [0.2, 0.25) is 0 Å². The summed E-state index contributed by atoms with van der Waals surface area (Å²) in [6.07, 6.45) is 9.00. The van der Waals surface area contributed by atoms with Crippen molar-refractivity contribution in [3.63, 3.8) is 0 Å². The van der Waals surface area contributed by atoms with Crippen LogP contribution >= 0.6 is 0 Å². The van der Waals surface area contributed by atoms with E-state index < -0.39 is 18.4 Å². The van der Waals surface area contributed by atoms with Gasteiger partial charge in [-0.05, 0) is 105 Å². The van der Waals surface area contributed by atoms with Crippen molar-refractivity contribution in [1.82, 2.24) is 0 Å². The third-order valence-corrected chi connectivity index (χ3v) is 8.18. The summed E-state index contributed by atoms with van der Waals surface area (Å²) in [5.74, 6) is 2.25. The summed E-state index contributed by atoms with van der Waals surface area (Å²) in [5, 5.41) is 0. The minimum Gasteiger partial charge on any atom is -0.458 e. The summed E-state index contributed by atoms with van der Waals surface area (Å²) in [7, 11) is 1.54. The van der Waals surface area contributed by atoms with E-state index in [1.54, 1.807) is 37.4 Å². The van der Waals surface area contributed by atoms with E-state index in [4.69, 9.17) is 23.7 Å². The summed E-state index contributed by atoms with van der Waals surface area (Å²) >= 11 is 0. The van der Waals surface area contributed by atoms with E-state index in [-0.39, 0.29) is 12.0 Å². The number of rotatable bonds is 11. The SMILES string of the molecule is C=CCOC(=O)c1ccc(OC(=O)c2ccc(C34CC5CC(CC(C5)C3)C4)c(OC(OC)OCC)c2)cc1. The Balaban J connectivity index is 1.38. The third-order valence-electron chi connectivity index (χ3n) is 8.18. The maximum absolute atomic E-state index is 13.1. The number of ether oxygens (including phenoxy) is 5. The molecule has 202 valence electrons. The van der Waals surface area contributed by atoms with Crippen LogP contribution in [-0.2, 0) is 19.6 Å². The zero-order chi connectivity index (χ0) is 26.7. The molecule has 2 aromatic carbocycles. The van der Waals surface area contributed by atoms with Gasteiger partial charge in [0.1, 0.15) is 18.1 Å². The molecule has 0 aromatic heterocycles. The molecule has 4 bridgehead atoms. The topological polar surface area (TPSA) is 80.3 Å². The van der Waals surface area contributed by atoms with Crippen LogP contribution in [0.15, 0.2) is 55.1 Å². The molecular weight excluding hydrogens is 484 g/mol. The van der Waals surface area contributed by atoms with Gasteiger partial charge in [0.2, 0.25) is 0 Å². The van der Waals surface area contributed by atoms with Gasteiger partial charge < -0.3 is 23.7 Å². The van der Waals surface area contributed by atoms with Crippen molar-refractivity contribution in [1.29, 1.82) is 0 Å². The molecule has 4 aliphatic carbocycles. The highest BCUT2D eigenvalue weighted by Gasteiger charge is 2.52. The summed E-state index contributed by atoms with van der Waals surface area (Å²) in [6.45, 7) is 5.11. The molecule has 0 heterocycles. The average Bonchev–Trinajstić information content (AvgIpc) is 2.91. The number of carbonyl (C=O) groups is 2. The normalized spacial score (nSPS) is 26.0. The number of benzene rings is 2. The van der Waals surface area contributed by atoms with Gasteiger partial charge in [-0.25, -0.2) is 9.59 Å². The van der Waals surface area contributed by atoms with Crippen molar-refractivity contribution >= 4 is 11.9 Å². The van der Waals surface area contributed by atoms with E-state index >= 15 is 0 Å². The zero-order valence-corrected chi connectivity index (χ0v) is 22.1. The van der Waals surface area contributed by atoms with Gasteiger partial charge in [0.25, 0.3) is 0 Å². The molecular formula is C31H36O7. The molecule has 0 amide bonds. The van der Waals surface area contributed by atoms with E-state index in [2.05, 4.69) is 6.58 Å². The zero-order valence-electron chi connectivity index (χ0n) is 22.1. The summed E-state index contributed by atoms with van der Waals surface area (Å²) in [6, 6.07) is 11.9. The number of esters is 2. The summed E-state index contributed by atoms with van der Waals surface area (Å²) in [4.78, 5) is 25.1. The Morgan fingerprint density at radius 1 is 0.974 bits per heavy atom. The average molecular weight is 521 g/mol. The first-order valence-corrected chi connectivity index (χ1v) is 13.5. The van der Waals surface area contributed by atoms with Crippen molar-refractivity contribution in [3.05, 3.63) is 71.8 Å². The predicted molar refractivity (Wildman–Crippen MR) is 141 cm³/mol. The van der Waals surface area contributed by atoms with Crippen LogP contribution in [0.1, 0.15) is 71.7 Å². The van der Waals surface area contributed by atoms with Gasteiger partial charge in [-0.1, -0.05) is 18.7 Å². The van der Waals surface area contributed by atoms with Gasteiger partial charge in [-0.2, -0.15) is 0 Å². The smallest absolute Gasteiger partial charge is 0.343 e. The number of carbonyl (C=O) groups excluding carboxylic acids is 2. The van der Waals surface area contributed by atoms with Crippen LogP contribution in [0.5, 0.6) is 11.5 Å². The Bertz CT molecular complexity index is 1130. The van der Waals surface area contributed by atoms with Crippen LogP contribution in [-0.4, -0.2) is 38.7 Å². The van der Waals surface area contributed by atoms with Crippen LogP contribution in [0.25, 0.3) is 0 Å². The highest BCUT2D eigenvalue weighted by Crippen LogP contribution is 2.62. The Hall–Kier alpha value is -3.16. The fourth-order valence-electron chi connectivity index (χ4n) is 7.06. The van der Waals surface area contributed by atoms with Crippen molar-refractivity contribution in [3.8, 4) is 11.5 Å². The molecule has 38 heavy (non-hydrogen) atoms. The highest BCUT2D eigenvalue weighted by molar-refractivity contribution is 5.92. The van der Waals surface area contributed by atoms with Gasteiger partial charge in [0.05, 0.1) is 17.7 Å². The van der Waals surface area contributed by atoms with E-state index in [0.717, 1.165) is 42.6 Å².